The molecule has 0 saturated carbocycles. The Hall–Kier alpha value is -1.80. The summed E-state index contributed by atoms with van der Waals surface area (Å²) in [4.78, 5) is 0. The zero-order valence-electron chi connectivity index (χ0n) is 23.3. The van der Waals surface area contributed by atoms with Crippen LogP contribution in [0.25, 0.3) is 0 Å². The van der Waals surface area contributed by atoms with E-state index in [1.165, 1.54) is 6.26 Å². The zero-order chi connectivity index (χ0) is 27.7. The van der Waals surface area contributed by atoms with E-state index in [1.807, 2.05) is 30.3 Å². The van der Waals surface area contributed by atoms with Crippen molar-refractivity contribution in [3.05, 3.63) is 43.2 Å². The Morgan fingerprint density at radius 3 is 0.974 bits per heavy atom. The molecule has 1 aromatic rings. The molecule has 39 heavy (non-hydrogen) atoms. The van der Waals surface area contributed by atoms with Crippen molar-refractivity contribution in [1.29, 1.82) is 0 Å². The van der Waals surface area contributed by atoms with Gasteiger partial charge in [0.2, 0.25) is 0 Å². The lowest BCUT2D eigenvalue weighted by atomic mass is 10.3. The van der Waals surface area contributed by atoms with E-state index in [-0.39, 0.29) is 0 Å². The summed E-state index contributed by atoms with van der Waals surface area (Å²) in [6.45, 7) is 13.9. The first-order valence-electron chi connectivity index (χ1n) is 13.5. The summed E-state index contributed by atoms with van der Waals surface area (Å²) in [5.41, 5.74) is 0. The van der Waals surface area contributed by atoms with E-state index in [0.29, 0.717) is 132 Å². The van der Waals surface area contributed by atoms with Crippen LogP contribution in [0.15, 0.2) is 43.2 Å². The molecule has 0 aromatic heterocycles. The first-order valence-corrected chi connectivity index (χ1v) is 13.5. The lowest BCUT2D eigenvalue weighted by Crippen LogP contribution is -2.15. The fraction of sp³-hybridized carbons (Fsp3) is 0.714. The van der Waals surface area contributed by atoms with Crippen LogP contribution in [0, 0.1) is 0 Å². The fourth-order valence-electron chi connectivity index (χ4n) is 2.79. The van der Waals surface area contributed by atoms with Crippen molar-refractivity contribution in [3.8, 4) is 5.75 Å². The SMILES string of the molecule is C=COCCOCCOCCOCCOCCOCCOCCOCCOCCOCCOc1ccccc1. The quantitative estimate of drug-likeness (QED) is 0.0959. The molecule has 0 bridgehead atoms. The molecule has 0 spiro atoms. The number of hydrogen-bond donors (Lipinski definition) is 0. The van der Waals surface area contributed by atoms with Gasteiger partial charge in [-0.15, -0.1) is 0 Å². The van der Waals surface area contributed by atoms with Gasteiger partial charge in [0.25, 0.3) is 0 Å². The molecule has 226 valence electrons. The number of hydrogen-bond acceptors (Lipinski definition) is 11. The molecule has 0 N–H and O–H groups in total. The summed E-state index contributed by atoms with van der Waals surface area (Å²) >= 11 is 0. The topological polar surface area (TPSA) is 102 Å². The maximum absolute atomic E-state index is 5.54. The predicted molar refractivity (Wildman–Crippen MR) is 145 cm³/mol. The minimum absolute atomic E-state index is 0.504. The molecule has 1 aromatic carbocycles. The third-order valence-corrected chi connectivity index (χ3v) is 4.68. The highest BCUT2D eigenvalue weighted by Gasteiger charge is 1.96. The van der Waals surface area contributed by atoms with Gasteiger partial charge in [-0.25, -0.2) is 0 Å². The summed E-state index contributed by atoms with van der Waals surface area (Å²) in [5.74, 6) is 0.845. The fourth-order valence-corrected chi connectivity index (χ4v) is 2.79. The van der Waals surface area contributed by atoms with Crippen LogP contribution in [0.1, 0.15) is 0 Å². The molecule has 0 saturated heterocycles. The Morgan fingerprint density at radius 1 is 0.385 bits per heavy atom. The van der Waals surface area contributed by atoms with Gasteiger partial charge in [0.05, 0.1) is 125 Å². The van der Waals surface area contributed by atoms with Crippen LogP contribution in [0.2, 0.25) is 0 Å². The largest absolute Gasteiger partial charge is 0.499 e. The lowest BCUT2D eigenvalue weighted by Gasteiger charge is -2.09. The Balaban J connectivity index is 1.62. The van der Waals surface area contributed by atoms with Crippen molar-refractivity contribution in [1.82, 2.24) is 0 Å². The molecule has 11 nitrogen and oxygen atoms in total. The maximum Gasteiger partial charge on any atom is 0.119 e. The van der Waals surface area contributed by atoms with E-state index in [9.17, 15) is 0 Å². The van der Waals surface area contributed by atoms with Gasteiger partial charge in [-0.3, -0.25) is 0 Å². The molecular weight excluding hydrogens is 512 g/mol. The van der Waals surface area contributed by atoms with Crippen molar-refractivity contribution in [2.24, 2.45) is 0 Å². The summed E-state index contributed by atoms with van der Waals surface area (Å²) in [7, 11) is 0. The summed E-state index contributed by atoms with van der Waals surface area (Å²) in [5, 5.41) is 0. The number of para-hydroxylation sites is 1. The van der Waals surface area contributed by atoms with Gasteiger partial charge in [-0.05, 0) is 12.1 Å². The van der Waals surface area contributed by atoms with Crippen molar-refractivity contribution < 1.29 is 52.1 Å². The molecular formula is C28H48O11. The van der Waals surface area contributed by atoms with Gasteiger partial charge in [0.1, 0.15) is 19.0 Å². The molecule has 0 unspecified atom stereocenters. The molecule has 0 aliphatic carbocycles. The van der Waals surface area contributed by atoms with Crippen LogP contribution in [0.5, 0.6) is 5.75 Å². The van der Waals surface area contributed by atoms with Gasteiger partial charge in [0.15, 0.2) is 0 Å². The molecule has 0 atom stereocenters. The Morgan fingerprint density at radius 2 is 0.667 bits per heavy atom. The second-order valence-electron chi connectivity index (χ2n) is 7.71. The van der Waals surface area contributed by atoms with E-state index in [0.717, 1.165) is 5.75 Å². The highest BCUT2D eigenvalue weighted by molar-refractivity contribution is 5.20. The van der Waals surface area contributed by atoms with Gasteiger partial charge in [-0.1, -0.05) is 24.8 Å². The Labute approximate surface area is 233 Å². The van der Waals surface area contributed by atoms with Crippen LogP contribution < -0.4 is 4.74 Å². The van der Waals surface area contributed by atoms with Crippen LogP contribution in [0.4, 0.5) is 0 Å². The van der Waals surface area contributed by atoms with Crippen molar-refractivity contribution >= 4 is 0 Å². The minimum Gasteiger partial charge on any atom is -0.499 e. The Kier molecular flexibility index (Phi) is 27.8. The third kappa shape index (κ3) is 27.6. The number of ether oxygens (including phenoxy) is 11. The van der Waals surface area contributed by atoms with E-state index < -0.39 is 0 Å². The molecule has 1 rings (SSSR count). The number of rotatable bonds is 32. The molecule has 0 heterocycles. The highest BCUT2D eigenvalue weighted by Crippen LogP contribution is 2.07. The monoisotopic (exact) mass is 560 g/mol. The number of benzene rings is 1. The molecule has 0 fully saturated rings. The zero-order valence-corrected chi connectivity index (χ0v) is 23.3. The summed E-state index contributed by atoms with van der Waals surface area (Å²) < 4.78 is 59.4. The minimum atomic E-state index is 0.504. The van der Waals surface area contributed by atoms with E-state index in [4.69, 9.17) is 52.1 Å². The van der Waals surface area contributed by atoms with Crippen LogP contribution in [-0.2, 0) is 47.4 Å². The summed E-state index contributed by atoms with van der Waals surface area (Å²) in [6.07, 6.45) is 1.40. The first kappa shape index (κ1) is 35.2. The van der Waals surface area contributed by atoms with Crippen molar-refractivity contribution in [2.75, 3.05) is 132 Å². The molecule has 0 amide bonds. The van der Waals surface area contributed by atoms with Crippen LogP contribution >= 0.6 is 0 Å². The van der Waals surface area contributed by atoms with Gasteiger partial charge >= 0.3 is 0 Å². The standard InChI is InChI=1S/C28H48O11/c1-2-29-8-9-30-10-11-31-12-13-32-14-15-33-16-17-34-18-19-35-20-21-36-22-23-37-24-25-38-26-27-39-28-6-4-3-5-7-28/h2-7H,1,8-27H2. The van der Waals surface area contributed by atoms with Crippen LogP contribution in [0.3, 0.4) is 0 Å². The second-order valence-corrected chi connectivity index (χ2v) is 7.71. The average molecular weight is 561 g/mol. The third-order valence-electron chi connectivity index (χ3n) is 4.68. The van der Waals surface area contributed by atoms with Gasteiger partial charge in [0, 0.05) is 0 Å². The van der Waals surface area contributed by atoms with Crippen molar-refractivity contribution in [2.45, 2.75) is 0 Å². The lowest BCUT2D eigenvalue weighted by molar-refractivity contribution is -0.0259. The van der Waals surface area contributed by atoms with Crippen molar-refractivity contribution in [3.63, 3.8) is 0 Å². The molecule has 0 aliphatic heterocycles. The molecule has 0 aliphatic rings. The second kappa shape index (κ2) is 30.7. The van der Waals surface area contributed by atoms with E-state index in [1.54, 1.807) is 0 Å². The van der Waals surface area contributed by atoms with Crippen LogP contribution in [-0.4, -0.2) is 132 Å². The molecule has 11 heteroatoms. The predicted octanol–water partition coefficient (Wildman–Crippen LogP) is 2.37. The smallest absolute Gasteiger partial charge is 0.119 e. The van der Waals surface area contributed by atoms with Gasteiger partial charge in [-0.2, -0.15) is 0 Å². The van der Waals surface area contributed by atoms with E-state index in [2.05, 4.69) is 6.58 Å². The van der Waals surface area contributed by atoms with Gasteiger partial charge < -0.3 is 52.1 Å². The van der Waals surface area contributed by atoms with E-state index >= 15 is 0 Å². The maximum atomic E-state index is 5.54. The average Bonchev–Trinajstić information content (AvgIpc) is 2.96. The first-order chi connectivity index (χ1) is 19.4. The highest BCUT2D eigenvalue weighted by atomic mass is 16.6. The summed E-state index contributed by atoms with van der Waals surface area (Å²) in [6, 6.07) is 9.67. The Bertz CT molecular complexity index is 606. The molecule has 0 radical (unpaired) electrons. The normalized spacial score (nSPS) is 11.1.